The van der Waals surface area contributed by atoms with Gasteiger partial charge in [-0.25, -0.2) is 4.98 Å². The Labute approximate surface area is 109 Å². The van der Waals surface area contributed by atoms with Crippen molar-refractivity contribution in [3.63, 3.8) is 0 Å². The molecule has 0 aliphatic carbocycles. The van der Waals surface area contributed by atoms with E-state index in [1.807, 2.05) is 14.1 Å². The Morgan fingerprint density at radius 3 is 2.83 bits per heavy atom. The fraction of sp³-hybridized carbons (Fsp3) is 0.400. The van der Waals surface area contributed by atoms with Crippen LogP contribution in [0.2, 0.25) is 0 Å². The number of nitrogens with zero attached hydrogens (tertiary/aromatic N) is 6. The van der Waals surface area contributed by atoms with Crippen LogP contribution in [0, 0.1) is 0 Å². The number of thioether (sulfide) groups is 1. The zero-order valence-corrected chi connectivity index (χ0v) is 11.1. The van der Waals surface area contributed by atoms with Crippen LogP contribution in [0.25, 0.3) is 5.95 Å². The summed E-state index contributed by atoms with van der Waals surface area (Å²) < 4.78 is 1.70. The molecule has 0 aliphatic heterocycles. The highest BCUT2D eigenvalue weighted by Gasteiger charge is 2.06. The number of anilines is 1. The monoisotopic (exact) mass is 265 g/mol. The molecule has 0 spiro atoms. The predicted molar refractivity (Wildman–Crippen MR) is 70.6 cm³/mol. The van der Waals surface area contributed by atoms with E-state index in [-0.39, 0.29) is 5.95 Å². The number of rotatable bonds is 5. The van der Waals surface area contributed by atoms with Gasteiger partial charge in [-0.2, -0.15) is 15.0 Å². The van der Waals surface area contributed by atoms with E-state index in [1.165, 1.54) is 0 Å². The highest BCUT2D eigenvalue weighted by molar-refractivity contribution is 7.99. The van der Waals surface area contributed by atoms with Crippen molar-refractivity contribution in [3.05, 3.63) is 18.7 Å². The minimum Gasteiger partial charge on any atom is -0.368 e. The Kier molecular flexibility index (Phi) is 4.11. The second-order valence-corrected chi connectivity index (χ2v) is 4.96. The average Bonchev–Trinajstić information content (AvgIpc) is 2.81. The number of hydrogen-bond donors (Lipinski definition) is 1. The van der Waals surface area contributed by atoms with E-state index in [2.05, 4.69) is 24.8 Å². The van der Waals surface area contributed by atoms with Gasteiger partial charge in [0.15, 0.2) is 5.16 Å². The van der Waals surface area contributed by atoms with Crippen LogP contribution in [0.1, 0.15) is 0 Å². The van der Waals surface area contributed by atoms with E-state index >= 15 is 0 Å². The maximum atomic E-state index is 5.68. The van der Waals surface area contributed by atoms with Crippen molar-refractivity contribution in [3.8, 4) is 5.95 Å². The van der Waals surface area contributed by atoms with Crippen molar-refractivity contribution >= 4 is 17.7 Å². The third-order valence-electron chi connectivity index (χ3n) is 2.13. The fourth-order valence-corrected chi connectivity index (χ4v) is 2.18. The normalized spacial score (nSPS) is 11.1. The van der Waals surface area contributed by atoms with E-state index in [9.17, 15) is 0 Å². The summed E-state index contributed by atoms with van der Waals surface area (Å²) >= 11 is 1.56. The molecule has 2 heterocycles. The SMILES string of the molecule is CN(C)CCSc1nc(N)nc(-n2ccnc2)n1. The van der Waals surface area contributed by atoms with Crippen LogP contribution in [0.5, 0.6) is 0 Å². The Morgan fingerprint density at radius 2 is 2.17 bits per heavy atom. The van der Waals surface area contributed by atoms with Crippen molar-refractivity contribution in [1.29, 1.82) is 0 Å². The summed E-state index contributed by atoms with van der Waals surface area (Å²) in [6, 6.07) is 0. The molecule has 7 nitrogen and oxygen atoms in total. The van der Waals surface area contributed by atoms with Gasteiger partial charge < -0.3 is 10.6 Å². The molecule has 2 aromatic rings. The van der Waals surface area contributed by atoms with E-state index in [1.54, 1.807) is 35.0 Å². The minimum absolute atomic E-state index is 0.223. The molecule has 18 heavy (non-hydrogen) atoms. The standard InChI is InChI=1S/C10H15N7S/c1-16(2)5-6-18-10-14-8(11)13-9(15-10)17-4-3-12-7-17/h3-4,7H,5-6H2,1-2H3,(H2,11,13,14,15). The van der Waals surface area contributed by atoms with Crippen LogP contribution in [0.4, 0.5) is 5.95 Å². The maximum Gasteiger partial charge on any atom is 0.240 e. The second kappa shape index (κ2) is 5.78. The largest absolute Gasteiger partial charge is 0.368 e. The number of nitrogens with two attached hydrogens (primary N) is 1. The molecule has 0 atom stereocenters. The van der Waals surface area contributed by atoms with E-state index in [0.717, 1.165) is 12.3 Å². The van der Waals surface area contributed by atoms with Gasteiger partial charge in [-0.1, -0.05) is 11.8 Å². The first-order chi connectivity index (χ1) is 8.65. The van der Waals surface area contributed by atoms with Gasteiger partial charge in [0, 0.05) is 24.7 Å². The van der Waals surface area contributed by atoms with Gasteiger partial charge in [0.2, 0.25) is 11.9 Å². The first kappa shape index (κ1) is 12.8. The third-order valence-corrected chi connectivity index (χ3v) is 2.95. The van der Waals surface area contributed by atoms with Gasteiger partial charge in [-0.3, -0.25) is 4.57 Å². The van der Waals surface area contributed by atoms with Gasteiger partial charge in [0.05, 0.1) is 0 Å². The number of imidazole rings is 1. The average molecular weight is 265 g/mol. The summed E-state index contributed by atoms with van der Waals surface area (Å²) in [5.41, 5.74) is 5.68. The molecule has 8 heteroatoms. The van der Waals surface area contributed by atoms with Crippen LogP contribution in [-0.4, -0.2) is 55.8 Å². The van der Waals surface area contributed by atoms with Crippen molar-refractivity contribution in [2.75, 3.05) is 32.1 Å². The molecule has 0 amide bonds. The topological polar surface area (TPSA) is 85.8 Å². The summed E-state index contributed by atoms with van der Waals surface area (Å²) in [6.45, 7) is 0.955. The van der Waals surface area contributed by atoms with Gasteiger partial charge in [0.1, 0.15) is 6.33 Å². The lowest BCUT2D eigenvalue weighted by atomic mass is 10.7. The first-order valence-corrected chi connectivity index (χ1v) is 6.41. The summed E-state index contributed by atoms with van der Waals surface area (Å²) in [5.74, 6) is 1.62. The summed E-state index contributed by atoms with van der Waals surface area (Å²) in [5, 5.41) is 0.632. The Bertz CT molecular complexity index is 497. The van der Waals surface area contributed by atoms with Gasteiger partial charge in [-0.05, 0) is 14.1 Å². The molecule has 0 bridgehead atoms. The van der Waals surface area contributed by atoms with Gasteiger partial charge >= 0.3 is 0 Å². The highest BCUT2D eigenvalue weighted by Crippen LogP contribution is 2.14. The lowest BCUT2D eigenvalue weighted by molar-refractivity contribution is 0.437. The fourth-order valence-electron chi connectivity index (χ4n) is 1.24. The molecule has 0 radical (unpaired) electrons. The predicted octanol–water partition coefficient (Wildman–Crippen LogP) is 0.293. The molecular formula is C10H15N7S. The van der Waals surface area contributed by atoms with E-state index in [0.29, 0.717) is 11.1 Å². The number of aromatic nitrogens is 5. The molecule has 0 saturated carbocycles. The minimum atomic E-state index is 0.223. The number of hydrogen-bond acceptors (Lipinski definition) is 7. The zero-order chi connectivity index (χ0) is 13.0. The molecule has 2 N–H and O–H groups in total. The summed E-state index contributed by atoms with van der Waals surface area (Å²) in [4.78, 5) is 18.6. The van der Waals surface area contributed by atoms with Gasteiger partial charge in [0.25, 0.3) is 0 Å². The molecule has 0 unspecified atom stereocenters. The summed E-state index contributed by atoms with van der Waals surface area (Å²) in [7, 11) is 4.05. The maximum absolute atomic E-state index is 5.68. The smallest absolute Gasteiger partial charge is 0.240 e. The quantitative estimate of drug-likeness (QED) is 0.778. The number of nitrogen functional groups attached to an aromatic ring is 1. The third kappa shape index (κ3) is 3.41. The van der Waals surface area contributed by atoms with Crippen LogP contribution in [-0.2, 0) is 0 Å². The molecule has 0 aliphatic rings. The van der Waals surface area contributed by atoms with Crippen molar-refractivity contribution in [1.82, 2.24) is 29.4 Å². The van der Waals surface area contributed by atoms with E-state index < -0.39 is 0 Å². The molecule has 0 saturated heterocycles. The van der Waals surface area contributed by atoms with E-state index in [4.69, 9.17) is 5.73 Å². The second-order valence-electron chi connectivity index (χ2n) is 3.90. The first-order valence-electron chi connectivity index (χ1n) is 5.42. The molecule has 2 aromatic heterocycles. The molecule has 2 rings (SSSR count). The zero-order valence-electron chi connectivity index (χ0n) is 10.3. The lowest BCUT2D eigenvalue weighted by Crippen LogP contribution is -2.15. The Hall–Kier alpha value is -1.67. The Morgan fingerprint density at radius 1 is 1.33 bits per heavy atom. The summed E-state index contributed by atoms with van der Waals surface area (Å²) in [6.07, 6.45) is 5.06. The van der Waals surface area contributed by atoms with Crippen molar-refractivity contribution < 1.29 is 0 Å². The van der Waals surface area contributed by atoms with Crippen molar-refractivity contribution in [2.45, 2.75) is 5.16 Å². The molecule has 0 aromatic carbocycles. The lowest BCUT2D eigenvalue weighted by Gasteiger charge is -2.08. The van der Waals surface area contributed by atoms with Crippen LogP contribution >= 0.6 is 11.8 Å². The molecule has 96 valence electrons. The van der Waals surface area contributed by atoms with Crippen LogP contribution in [0.15, 0.2) is 23.9 Å². The Balaban J connectivity index is 2.12. The van der Waals surface area contributed by atoms with Crippen LogP contribution < -0.4 is 5.73 Å². The van der Waals surface area contributed by atoms with Crippen LogP contribution in [0.3, 0.4) is 0 Å². The van der Waals surface area contributed by atoms with Gasteiger partial charge in [-0.15, -0.1) is 0 Å². The molecule has 0 fully saturated rings. The van der Waals surface area contributed by atoms with Crippen molar-refractivity contribution in [2.24, 2.45) is 0 Å². The molecular weight excluding hydrogens is 250 g/mol. The highest BCUT2D eigenvalue weighted by atomic mass is 32.2.